The number of rotatable bonds is 7. The number of hydrogen-bond donors (Lipinski definition) is 1. The second kappa shape index (κ2) is 7.91. The van der Waals surface area contributed by atoms with Crippen molar-refractivity contribution in [1.29, 1.82) is 0 Å². The molecule has 0 atom stereocenters. The highest BCUT2D eigenvalue weighted by molar-refractivity contribution is 7.92. The van der Waals surface area contributed by atoms with Crippen LogP contribution in [-0.2, 0) is 27.7 Å². The zero-order valence-corrected chi connectivity index (χ0v) is 15.8. The number of unbranched alkanes of at least 4 members (excludes halogenated alkanes) is 1. The fourth-order valence-corrected chi connectivity index (χ4v) is 4.21. The molecule has 0 aliphatic carbocycles. The van der Waals surface area contributed by atoms with E-state index < -0.39 is 10.0 Å². The molecule has 2 aromatic rings. The second-order valence-electron chi connectivity index (χ2n) is 6.67. The predicted molar refractivity (Wildman–Crippen MR) is 105 cm³/mol. The van der Waals surface area contributed by atoms with Crippen LogP contribution in [0.5, 0.6) is 0 Å². The fourth-order valence-electron chi connectivity index (χ4n) is 3.25. The summed E-state index contributed by atoms with van der Waals surface area (Å²) in [7, 11) is -3.28. The summed E-state index contributed by atoms with van der Waals surface area (Å²) < 4.78 is 25.1. The molecule has 1 amide bonds. The van der Waals surface area contributed by atoms with Crippen molar-refractivity contribution in [1.82, 2.24) is 0 Å². The van der Waals surface area contributed by atoms with Crippen molar-refractivity contribution in [3.63, 3.8) is 0 Å². The Hall–Kier alpha value is -2.34. The van der Waals surface area contributed by atoms with Gasteiger partial charge in [0.05, 0.1) is 11.9 Å². The highest BCUT2D eigenvalue weighted by atomic mass is 32.2. The first-order chi connectivity index (χ1) is 12.4. The number of benzene rings is 2. The van der Waals surface area contributed by atoms with E-state index in [2.05, 4.69) is 17.4 Å². The Labute approximate surface area is 155 Å². The number of nitrogens with zero attached hydrogens (tertiary/aromatic N) is 1. The van der Waals surface area contributed by atoms with Crippen LogP contribution in [0.25, 0.3) is 0 Å². The van der Waals surface area contributed by atoms with Crippen molar-refractivity contribution in [3.05, 3.63) is 59.7 Å². The molecule has 5 nitrogen and oxygen atoms in total. The summed E-state index contributed by atoms with van der Waals surface area (Å²) in [6, 6.07) is 15.7. The van der Waals surface area contributed by atoms with Crippen LogP contribution < -0.4 is 9.62 Å². The summed E-state index contributed by atoms with van der Waals surface area (Å²) in [5.41, 5.74) is 3.60. The predicted octanol–water partition coefficient (Wildman–Crippen LogP) is 3.36. The molecule has 1 N–H and O–H groups in total. The third-order valence-corrected chi connectivity index (χ3v) is 5.76. The standard InChI is InChI=1S/C20H24N2O3S/c1-26(24,25)22-14-13-17-11-12-18(15-19(17)22)21-20(23)10-6-5-9-16-7-3-2-4-8-16/h2-4,7-8,11-12,15H,5-6,9-10,13-14H2,1H3,(H,21,23). The van der Waals surface area contributed by atoms with Gasteiger partial charge < -0.3 is 5.32 Å². The van der Waals surface area contributed by atoms with Crippen LogP contribution in [0.15, 0.2) is 48.5 Å². The summed E-state index contributed by atoms with van der Waals surface area (Å²) in [5, 5.41) is 2.88. The topological polar surface area (TPSA) is 66.5 Å². The zero-order chi connectivity index (χ0) is 18.6. The van der Waals surface area contributed by atoms with Gasteiger partial charge in [-0.05, 0) is 48.9 Å². The molecular formula is C20H24N2O3S. The Morgan fingerprint density at radius 3 is 2.62 bits per heavy atom. The highest BCUT2D eigenvalue weighted by Gasteiger charge is 2.26. The van der Waals surface area contributed by atoms with Crippen molar-refractivity contribution in [2.24, 2.45) is 0 Å². The summed E-state index contributed by atoms with van der Waals surface area (Å²) in [4.78, 5) is 12.2. The molecule has 1 aliphatic heterocycles. The van der Waals surface area contributed by atoms with Gasteiger partial charge in [-0.2, -0.15) is 0 Å². The molecule has 2 aromatic carbocycles. The van der Waals surface area contributed by atoms with E-state index in [-0.39, 0.29) is 5.91 Å². The van der Waals surface area contributed by atoms with E-state index >= 15 is 0 Å². The van der Waals surface area contributed by atoms with Crippen molar-refractivity contribution >= 4 is 27.3 Å². The zero-order valence-electron chi connectivity index (χ0n) is 14.9. The van der Waals surface area contributed by atoms with Gasteiger partial charge in [0.15, 0.2) is 0 Å². The number of fused-ring (bicyclic) bond motifs is 1. The first-order valence-corrected chi connectivity index (χ1v) is 10.7. The van der Waals surface area contributed by atoms with E-state index in [1.165, 1.54) is 16.1 Å². The minimum atomic E-state index is -3.28. The van der Waals surface area contributed by atoms with E-state index in [4.69, 9.17) is 0 Å². The second-order valence-corrected chi connectivity index (χ2v) is 8.58. The van der Waals surface area contributed by atoms with Gasteiger partial charge in [0.1, 0.15) is 0 Å². The molecule has 0 radical (unpaired) electrons. The third kappa shape index (κ3) is 4.64. The average Bonchev–Trinajstić information content (AvgIpc) is 3.03. The van der Waals surface area contributed by atoms with E-state index in [1.54, 1.807) is 6.07 Å². The SMILES string of the molecule is CS(=O)(=O)N1CCc2ccc(NC(=O)CCCCc3ccccc3)cc21. The molecule has 1 heterocycles. The van der Waals surface area contributed by atoms with E-state index in [0.29, 0.717) is 30.8 Å². The minimum absolute atomic E-state index is 0.0399. The van der Waals surface area contributed by atoms with Crippen molar-refractivity contribution in [3.8, 4) is 0 Å². The number of sulfonamides is 1. The molecule has 0 spiro atoms. The largest absolute Gasteiger partial charge is 0.326 e. The molecule has 0 bridgehead atoms. The van der Waals surface area contributed by atoms with Crippen LogP contribution in [0.2, 0.25) is 0 Å². The molecule has 0 saturated heterocycles. The maximum atomic E-state index is 12.2. The van der Waals surface area contributed by atoms with Crippen LogP contribution in [0.3, 0.4) is 0 Å². The van der Waals surface area contributed by atoms with E-state index in [1.807, 2.05) is 30.3 Å². The van der Waals surface area contributed by atoms with Crippen molar-refractivity contribution in [2.75, 3.05) is 22.4 Å². The molecular weight excluding hydrogens is 348 g/mol. The average molecular weight is 372 g/mol. The lowest BCUT2D eigenvalue weighted by molar-refractivity contribution is -0.116. The maximum Gasteiger partial charge on any atom is 0.232 e. The van der Waals surface area contributed by atoms with Crippen LogP contribution in [0, 0.1) is 0 Å². The van der Waals surface area contributed by atoms with Gasteiger partial charge in [-0.25, -0.2) is 8.42 Å². The van der Waals surface area contributed by atoms with Gasteiger partial charge in [-0.3, -0.25) is 9.10 Å². The quantitative estimate of drug-likeness (QED) is 0.758. The van der Waals surface area contributed by atoms with Gasteiger partial charge in [0.2, 0.25) is 15.9 Å². The first-order valence-electron chi connectivity index (χ1n) is 8.88. The first kappa shape index (κ1) is 18.5. The summed E-state index contributed by atoms with van der Waals surface area (Å²) in [6.07, 6.45) is 5.12. The molecule has 1 aliphatic rings. The number of carbonyl (C=O) groups is 1. The molecule has 3 rings (SSSR count). The van der Waals surface area contributed by atoms with Crippen LogP contribution in [-0.4, -0.2) is 27.1 Å². The molecule has 6 heteroatoms. The lowest BCUT2D eigenvalue weighted by Crippen LogP contribution is -2.27. The summed E-state index contributed by atoms with van der Waals surface area (Å²) >= 11 is 0. The fraction of sp³-hybridized carbons (Fsp3) is 0.350. The van der Waals surface area contributed by atoms with Gasteiger partial charge in [-0.15, -0.1) is 0 Å². The highest BCUT2D eigenvalue weighted by Crippen LogP contribution is 2.32. The molecule has 138 valence electrons. The van der Waals surface area contributed by atoms with Crippen LogP contribution >= 0.6 is 0 Å². The Balaban J connectivity index is 1.52. The number of amides is 1. The van der Waals surface area contributed by atoms with Crippen molar-refractivity contribution in [2.45, 2.75) is 32.1 Å². The number of nitrogens with one attached hydrogen (secondary N) is 1. The molecule has 26 heavy (non-hydrogen) atoms. The number of hydrogen-bond acceptors (Lipinski definition) is 3. The van der Waals surface area contributed by atoms with Crippen LogP contribution in [0.4, 0.5) is 11.4 Å². The van der Waals surface area contributed by atoms with E-state index in [0.717, 1.165) is 24.8 Å². The summed E-state index contributed by atoms with van der Waals surface area (Å²) in [6.45, 7) is 0.463. The Bertz CT molecular complexity index is 879. The Kier molecular flexibility index (Phi) is 5.61. The number of anilines is 2. The smallest absolute Gasteiger partial charge is 0.232 e. The van der Waals surface area contributed by atoms with Gasteiger partial charge >= 0.3 is 0 Å². The van der Waals surface area contributed by atoms with Crippen LogP contribution in [0.1, 0.15) is 30.4 Å². The van der Waals surface area contributed by atoms with Crippen molar-refractivity contribution < 1.29 is 13.2 Å². The number of carbonyl (C=O) groups excluding carboxylic acids is 1. The number of aryl methyl sites for hydroxylation is 1. The van der Waals surface area contributed by atoms with Gasteiger partial charge in [-0.1, -0.05) is 36.4 Å². The molecule has 0 saturated carbocycles. The lowest BCUT2D eigenvalue weighted by Gasteiger charge is -2.17. The van der Waals surface area contributed by atoms with Gasteiger partial charge in [0.25, 0.3) is 0 Å². The maximum absolute atomic E-state index is 12.2. The Morgan fingerprint density at radius 2 is 1.88 bits per heavy atom. The molecule has 0 fully saturated rings. The Morgan fingerprint density at radius 1 is 1.12 bits per heavy atom. The third-order valence-electron chi connectivity index (χ3n) is 4.58. The molecule has 0 unspecified atom stereocenters. The summed E-state index contributed by atoms with van der Waals surface area (Å²) in [5.74, 6) is -0.0399. The molecule has 0 aromatic heterocycles. The minimum Gasteiger partial charge on any atom is -0.326 e. The normalized spacial score (nSPS) is 13.5. The van der Waals surface area contributed by atoms with Gasteiger partial charge in [0, 0.05) is 18.7 Å². The monoisotopic (exact) mass is 372 g/mol. The lowest BCUT2D eigenvalue weighted by atomic mass is 10.1. The van der Waals surface area contributed by atoms with E-state index in [9.17, 15) is 13.2 Å².